The maximum atomic E-state index is 13.0. The number of aryl methyl sites for hydroxylation is 1. The van der Waals surface area contributed by atoms with Gasteiger partial charge in [-0.2, -0.15) is 0 Å². The summed E-state index contributed by atoms with van der Waals surface area (Å²) >= 11 is 5.68. The summed E-state index contributed by atoms with van der Waals surface area (Å²) in [5.41, 5.74) is 1.12. The Balaban J connectivity index is 2.87. The Hall–Kier alpha value is -1.13. The van der Waals surface area contributed by atoms with Crippen LogP contribution >= 0.6 is 11.6 Å². The predicted molar refractivity (Wildman–Crippen MR) is 69.6 cm³/mol. The van der Waals surface area contributed by atoms with Gasteiger partial charge in [-0.05, 0) is 30.7 Å². The first-order valence-corrected chi connectivity index (χ1v) is 6.24. The summed E-state index contributed by atoms with van der Waals surface area (Å²) in [6.07, 6.45) is 0. The molecule has 1 rings (SSSR count). The zero-order valence-corrected chi connectivity index (χ0v) is 11.3. The summed E-state index contributed by atoms with van der Waals surface area (Å²) in [5.74, 6) is -0.134. The summed E-state index contributed by atoms with van der Waals surface area (Å²) in [5, 5.41) is 0. The van der Waals surface area contributed by atoms with Crippen molar-refractivity contribution in [2.75, 3.05) is 32.7 Å². The number of hydrogen-bond acceptors (Lipinski definition) is 2. The minimum absolute atomic E-state index is 0.148. The highest BCUT2D eigenvalue weighted by atomic mass is 35.5. The van der Waals surface area contributed by atoms with Gasteiger partial charge in [-0.1, -0.05) is 0 Å². The Morgan fingerprint density at radius 1 is 1.44 bits per heavy atom. The molecule has 1 amide bonds. The van der Waals surface area contributed by atoms with E-state index in [0.717, 1.165) is 0 Å². The lowest BCUT2D eigenvalue weighted by molar-refractivity contribution is 0.0707. The van der Waals surface area contributed by atoms with E-state index in [1.807, 2.05) is 0 Å². The van der Waals surface area contributed by atoms with Gasteiger partial charge in [0.25, 0.3) is 5.91 Å². The normalized spacial score (nSPS) is 10.4. The molecule has 1 aromatic carbocycles. The smallest absolute Gasteiger partial charge is 0.254 e. The molecule has 0 unspecified atom stereocenters. The molecule has 0 atom stereocenters. The fraction of sp³-hybridized carbons (Fsp3) is 0.462. The molecule has 0 aliphatic rings. The van der Waals surface area contributed by atoms with Gasteiger partial charge in [-0.15, -0.1) is 11.6 Å². The van der Waals surface area contributed by atoms with Gasteiger partial charge in [0.05, 0.1) is 6.61 Å². The Bertz CT molecular complexity index is 412. The van der Waals surface area contributed by atoms with E-state index >= 15 is 0 Å². The Morgan fingerprint density at radius 3 is 2.72 bits per heavy atom. The molecule has 18 heavy (non-hydrogen) atoms. The molecular formula is C13H17ClFNO2. The summed E-state index contributed by atoms with van der Waals surface area (Å²) in [6.45, 7) is 3.08. The number of rotatable bonds is 6. The molecule has 0 bridgehead atoms. The summed E-state index contributed by atoms with van der Waals surface area (Å²) in [6, 6.07) is 4.14. The number of amides is 1. The highest BCUT2D eigenvalue weighted by molar-refractivity contribution is 6.18. The molecular weight excluding hydrogens is 257 g/mol. The van der Waals surface area contributed by atoms with E-state index in [2.05, 4.69) is 0 Å². The molecule has 0 fully saturated rings. The van der Waals surface area contributed by atoms with Crippen molar-refractivity contribution in [3.63, 3.8) is 0 Å². The fourth-order valence-corrected chi connectivity index (χ4v) is 1.86. The summed E-state index contributed by atoms with van der Waals surface area (Å²) in [7, 11) is 1.58. The standard InChI is InChI=1S/C13H17ClFNO2/c1-10-9-11(15)3-4-12(10)13(17)16(6-5-14)7-8-18-2/h3-4,9H,5-8H2,1-2H3. The molecule has 3 nitrogen and oxygen atoms in total. The van der Waals surface area contributed by atoms with Crippen molar-refractivity contribution in [1.82, 2.24) is 4.90 Å². The Kier molecular flexibility index (Phi) is 6.09. The number of carbonyl (C=O) groups excluding carboxylic acids is 1. The van der Waals surface area contributed by atoms with Crippen molar-refractivity contribution in [2.24, 2.45) is 0 Å². The average Bonchev–Trinajstić information content (AvgIpc) is 2.33. The van der Waals surface area contributed by atoms with Crippen LogP contribution in [-0.2, 0) is 4.74 Å². The summed E-state index contributed by atoms with van der Waals surface area (Å²) in [4.78, 5) is 13.9. The Labute approximate surface area is 111 Å². The van der Waals surface area contributed by atoms with E-state index in [9.17, 15) is 9.18 Å². The van der Waals surface area contributed by atoms with Crippen LogP contribution in [0, 0.1) is 12.7 Å². The van der Waals surface area contributed by atoms with Crippen molar-refractivity contribution >= 4 is 17.5 Å². The fourth-order valence-electron chi connectivity index (χ4n) is 1.66. The molecule has 0 aliphatic heterocycles. The van der Waals surface area contributed by atoms with Gasteiger partial charge in [0.2, 0.25) is 0 Å². The lowest BCUT2D eigenvalue weighted by atomic mass is 10.1. The lowest BCUT2D eigenvalue weighted by Crippen LogP contribution is -2.35. The number of hydrogen-bond donors (Lipinski definition) is 0. The van der Waals surface area contributed by atoms with Crippen molar-refractivity contribution < 1.29 is 13.9 Å². The van der Waals surface area contributed by atoms with E-state index in [4.69, 9.17) is 16.3 Å². The average molecular weight is 274 g/mol. The van der Waals surface area contributed by atoms with Crippen LogP contribution in [0.15, 0.2) is 18.2 Å². The third-order valence-corrected chi connectivity index (χ3v) is 2.79. The topological polar surface area (TPSA) is 29.5 Å². The van der Waals surface area contributed by atoms with Crippen LogP contribution in [0.3, 0.4) is 0 Å². The van der Waals surface area contributed by atoms with E-state index in [1.165, 1.54) is 18.2 Å². The quantitative estimate of drug-likeness (QED) is 0.745. The number of benzene rings is 1. The first-order chi connectivity index (χ1) is 8.60. The van der Waals surface area contributed by atoms with Crippen molar-refractivity contribution in [3.8, 4) is 0 Å². The summed E-state index contributed by atoms with van der Waals surface area (Å²) < 4.78 is 18.0. The van der Waals surface area contributed by atoms with Gasteiger partial charge in [0, 0.05) is 31.6 Å². The van der Waals surface area contributed by atoms with Crippen LogP contribution in [0.1, 0.15) is 15.9 Å². The Morgan fingerprint density at radius 2 is 2.17 bits per heavy atom. The number of methoxy groups -OCH3 is 1. The van der Waals surface area contributed by atoms with Gasteiger partial charge in [-0.3, -0.25) is 4.79 Å². The third-order valence-electron chi connectivity index (χ3n) is 2.63. The van der Waals surface area contributed by atoms with Crippen LogP contribution < -0.4 is 0 Å². The number of halogens is 2. The van der Waals surface area contributed by atoms with Crippen LogP contribution in [0.25, 0.3) is 0 Å². The molecule has 1 aromatic rings. The zero-order chi connectivity index (χ0) is 13.5. The first-order valence-electron chi connectivity index (χ1n) is 5.70. The van der Waals surface area contributed by atoms with E-state index in [0.29, 0.717) is 36.7 Å². The predicted octanol–water partition coefficient (Wildman–Crippen LogP) is 2.46. The molecule has 100 valence electrons. The monoisotopic (exact) mass is 273 g/mol. The molecule has 5 heteroatoms. The first kappa shape index (κ1) is 14.9. The molecule has 0 saturated heterocycles. The van der Waals surface area contributed by atoms with Crippen LogP contribution in [-0.4, -0.2) is 43.5 Å². The molecule has 0 heterocycles. The number of alkyl halides is 1. The van der Waals surface area contributed by atoms with Crippen LogP contribution in [0.5, 0.6) is 0 Å². The minimum atomic E-state index is -0.343. The second-order valence-electron chi connectivity index (χ2n) is 3.93. The molecule has 0 N–H and O–H groups in total. The van der Waals surface area contributed by atoms with Gasteiger partial charge >= 0.3 is 0 Å². The van der Waals surface area contributed by atoms with Crippen molar-refractivity contribution in [1.29, 1.82) is 0 Å². The largest absolute Gasteiger partial charge is 0.383 e. The van der Waals surface area contributed by atoms with Crippen LogP contribution in [0.2, 0.25) is 0 Å². The minimum Gasteiger partial charge on any atom is -0.383 e. The molecule has 0 spiro atoms. The van der Waals surface area contributed by atoms with Crippen molar-refractivity contribution in [3.05, 3.63) is 35.1 Å². The zero-order valence-electron chi connectivity index (χ0n) is 10.6. The second-order valence-corrected chi connectivity index (χ2v) is 4.31. The lowest BCUT2D eigenvalue weighted by Gasteiger charge is -2.22. The second kappa shape index (κ2) is 7.34. The molecule has 0 aromatic heterocycles. The van der Waals surface area contributed by atoms with Crippen LogP contribution in [0.4, 0.5) is 4.39 Å². The molecule has 0 radical (unpaired) electrons. The highest BCUT2D eigenvalue weighted by Crippen LogP contribution is 2.13. The van der Waals surface area contributed by atoms with Crippen molar-refractivity contribution in [2.45, 2.75) is 6.92 Å². The number of ether oxygens (including phenoxy) is 1. The van der Waals surface area contributed by atoms with Gasteiger partial charge in [0.15, 0.2) is 0 Å². The number of nitrogens with zero attached hydrogens (tertiary/aromatic N) is 1. The van der Waals surface area contributed by atoms with E-state index in [1.54, 1.807) is 18.9 Å². The SMILES string of the molecule is COCCN(CCCl)C(=O)c1ccc(F)cc1C. The molecule has 0 aliphatic carbocycles. The molecule has 0 saturated carbocycles. The van der Waals surface area contributed by atoms with Gasteiger partial charge < -0.3 is 9.64 Å². The van der Waals surface area contributed by atoms with Gasteiger partial charge in [-0.25, -0.2) is 4.39 Å². The third kappa shape index (κ3) is 3.96. The maximum absolute atomic E-state index is 13.0. The van der Waals surface area contributed by atoms with E-state index < -0.39 is 0 Å². The van der Waals surface area contributed by atoms with E-state index in [-0.39, 0.29) is 11.7 Å². The maximum Gasteiger partial charge on any atom is 0.254 e. The van der Waals surface area contributed by atoms with Gasteiger partial charge in [0.1, 0.15) is 5.82 Å². The highest BCUT2D eigenvalue weighted by Gasteiger charge is 2.17. The number of carbonyl (C=O) groups is 1.